The number of rotatable bonds is 5. The lowest BCUT2D eigenvalue weighted by Crippen LogP contribution is -2.43. The van der Waals surface area contributed by atoms with E-state index < -0.39 is 0 Å². The molecule has 5 nitrogen and oxygen atoms in total. The summed E-state index contributed by atoms with van der Waals surface area (Å²) >= 11 is 5.91. The fraction of sp³-hybridized carbons (Fsp3) is 0.500. The second kappa shape index (κ2) is 8.63. The fourth-order valence-electron chi connectivity index (χ4n) is 1.73. The molecule has 0 aliphatic heterocycles. The Hall–Kier alpha value is -1.75. The first-order valence-corrected chi connectivity index (χ1v) is 7.70. The highest BCUT2D eigenvalue weighted by Gasteiger charge is 2.10. The van der Waals surface area contributed by atoms with Crippen molar-refractivity contribution < 1.29 is 4.79 Å². The predicted molar refractivity (Wildman–Crippen MR) is 92.3 cm³/mol. The van der Waals surface area contributed by atoms with Gasteiger partial charge in [-0.05, 0) is 38.5 Å². The van der Waals surface area contributed by atoms with Gasteiger partial charge in [-0.2, -0.15) is 0 Å². The molecule has 1 atom stereocenters. The molecule has 1 unspecified atom stereocenters. The highest BCUT2D eigenvalue weighted by Crippen LogP contribution is 2.15. The summed E-state index contributed by atoms with van der Waals surface area (Å²) in [5.74, 6) is 0.580. The van der Waals surface area contributed by atoms with Crippen molar-refractivity contribution in [3.63, 3.8) is 0 Å². The van der Waals surface area contributed by atoms with Crippen molar-refractivity contribution in [2.45, 2.75) is 32.9 Å². The van der Waals surface area contributed by atoms with E-state index in [2.05, 4.69) is 15.6 Å². The molecule has 22 heavy (non-hydrogen) atoms. The number of halogens is 1. The number of hydrogen-bond donors (Lipinski definition) is 2. The fourth-order valence-corrected chi connectivity index (χ4v) is 1.86. The largest absolute Gasteiger partial charge is 0.354 e. The molecule has 0 heterocycles. The molecule has 122 valence electrons. The minimum Gasteiger partial charge on any atom is -0.354 e. The van der Waals surface area contributed by atoms with Crippen LogP contribution < -0.4 is 10.6 Å². The normalized spacial score (nSPS) is 13.0. The molecule has 0 fully saturated rings. The molecule has 1 aromatic rings. The second-order valence-corrected chi connectivity index (χ2v) is 6.11. The molecule has 0 radical (unpaired) electrons. The molecule has 6 heteroatoms. The zero-order valence-corrected chi connectivity index (χ0v) is 14.6. The predicted octanol–water partition coefficient (Wildman–Crippen LogP) is 2.43. The van der Waals surface area contributed by atoms with Gasteiger partial charge in [-0.25, -0.2) is 4.99 Å². The highest BCUT2D eigenvalue weighted by molar-refractivity contribution is 6.30. The highest BCUT2D eigenvalue weighted by atomic mass is 35.5. The Morgan fingerprint density at radius 2 is 1.77 bits per heavy atom. The summed E-state index contributed by atoms with van der Waals surface area (Å²) in [6.07, 6.45) is 0. The SMILES string of the molecule is CC(C)NC(=NCC(=O)N(C)C)NC(C)c1ccc(Cl)cc1. The molecule has 0 aliphatic carbocycles. The van der Waals surface area contributed by atoms with Crippen molar-refractivity contribution in [3.8, 4) is 0 Å². The van der Waals surface area contributed by atoms with Crippen LogP contribution in [0.15, 0.2) is 29.3 Å². The second-order valence-electron chi connectivity index (χ2n) is 5.67. The van der Waals surface area contributed by atoms with Crippen LogP contribution in [0.25, 0.3) is 0 Å². The van der Waals surface area contributed by atoms with Crippen LogP contribution in [0.5, 0.6) is 0 Å². The lowest BCUT2D eigenvalue weighted by molar-refractivity contribution is -0.127. The van der Waals surface area contributed by atoms with Gasteiger partial charge in [0.25, 0.3) is 0 Å². The molecule has 0 bridgehead atoms. The minimum atomic E-state index is -0.0380. The van der Waals surface area contributed by atoms with E-state index >= 15 is 0 Å². The summed E-state index contributed by atoms with van der Waals surface area (Å²) in [6.45, 7) is 6.20. The first-order chi connectivity index (χ1) is 10.3. The van der Waals surface area contributed by atoms with Gasteiger partial charge in [-0.3, -0.25) is 4.79 Å². The van der Waals surface area contributed by atoms with E-state index in [0.717, 1.165) is 5.56 Å². The lowest BCUT2D eigenvalue weighted by atomic mass is 10.1. The van der Waals surface area contributed by atoms with Crippen molar-refractivity contribution in [1.82, 2.24) is 15.5 Å². The number of nitrogens with zero attached hydrogens (tertiary/aromatic N) is 2. The molecular formula is C16H25ClN4O. The van der Waals surface area contributed by atoms with Gasteiger partial charge < -0.3 is 15.5 Å². The van der Waals surface area contributed by atoms with Crippen molar-refractivity contribution in [3.05, 3.63) is 34.9 Å². The lowest BCUT2D eigenvalue weighted by Gasteiger charge is -2.20. The van der Waals surface area contributed by atoms with E-state index in [9.17, 15) is 4.79 Å². The third-order valence-corrected chi connectivity index (χ3v) is 3.27. The molecule has 0 saturated carbocycles. The number of benzene rings is 1. The molecule has 2 N–H and O–H groups in total. The van der Waals surface area contributed by atoms with Crippen LogP contribution in [0.4, 0.5) is 0 Å². The van der Waals surface area contributed by atoms with Gasteiger partial charge in [-0.15, -0.1) is 0 Å². The van der Waals surface area contributed by atoms with Crippen LogP contribution in [0.1, 0.15) is 32.4 Å². The number of hydrogen-bond acceptors (Lipinski definition) is 2. The maximum Gasteiger partial charge on any atom is 0.243 e. The smallest absolute Gasteiger partial charge is 0.243 e. The number of guanidine groups is 1. The van der Waals surface area contributed by atoms with Gasteiger partial charge in [0.05, 0.1) is 6.04 Å². The van der Waals surface area contributed by atoms with Gasteiger partial charge >= 0.3 is 0 Å². The van der Waals surface area contributed by atoms with E-state index in [4.69, 9.17) is 11.6 Å². The van der Waals surface area contributed by atoms with Crippen LogP contribution >= 0.6 is 11.6 Å². The summed E-state index contributed by atoms with van der Waals surface area (Å²) in [4.78, 5) is 17.5. The number of carbonyl (C=O) groups is 1. The van der Waals surface area contributed by atoms with E-state index in [0.29, 0.717) is 11.0 Å². The Morgan fingerprint density at radius 3 is 2.27 bits per heavy atom. The number of aliphatic imine (C=N–C) groups is 1. The molecule has 0 aromatic heterocycles. The number of nitrogens with one attached hydrogen (secondary N) is 2. The monoisotopic (exact) mass is 324 g/mol. The number of carbonyl (C=O) groups excluding carboxylic acids is 1. The van der Waals surface area contributed by atoms with Crippen molar-refractivity contribution >= 4 is 23.5 Å². The Bertz CT molecular complexity index is 511. The van der Waals surface area contributed by atoms with Crippen molar-refractivity contribution in [2.75, 3.05) is 20.6 Å². The molecule has 0 aliphatic rings. The molecule has 1 rings (SSSR count). The maximum absolute atomic E-state index is 11.7. The zero-order chi connectivity index (χ0) is 16.7. The van der Waals surface area contributed by atoms with E-state index in [-0.39, 0.29) is 24.5 Å². The van der Waals surface area contributed by atoms with Gasteiger partial charge in [0.1, 0.15) is 6.54 Å². The van der Waals surface area contributed by atoms with Crippen molar-refractivity contribution in [1.29, 1.82) is 0 Å². The number of amides is 1. The summed E-state index contributed by atoms with van der Waals surface area (Å²) < 4.78 is 0. The first-order valence-electron chi connectivity index (χ1n) is 7.32. The first kappa shape index (κ1) is 18.3. The Morgan fingerprint density at radius 1 is 1.18 bits per heavy atom. The Labute approximate surface area is 137 Å². The molecule has 1 amide bonds. The average Bonchev–Trinajstić information content (AvgIpc) is 2.44. The summed E-state index contributed by atoms with van der Waals surface area (Å²) in [5.41, 5.74) is 1.10. The molecule has 0 saturated heterocycles. The van der Waals surface area contributed by atoms with Crippen LogP contribution in [0, 0.1) is 0 Å². The van der Waals surface area contributed by atoms with Crippen molar-refractivity contribution in [2.24, 2.45) is 4.99 Å². The Balaban J connectivity index is 2.77. The molecular weight excluding hydrogens is 300 g/mol. The maximum atomic E-state index is 11.7. The van der Waals surface area contributed by atoms with Gasteiger partial charge in [0, 0.05) is 25.2 Å². The van der Waals surface area contributed by atoms with Crippen LogP contribution in [-0.4, -0.2) is 43.4 Å². The summed E-state index contributed by atoms with van der Waals surface area (Å²) in [5, 5.41) is 7.24. The van der Waals surface area contributed by atoms with E-state index in [1.54, 1.807) is 14.1 Å². The van der Waals surface area contributed by atoms with Gasteiger partial charge in [0.2, 0.25) is 5.91 Å². The van der Waals surface area contributed by atoms with Crippen LogP contribution in [0.3, 0.4) is 0 Å². The Kier molecular flexibility index (Phi) is 7.18. The van der Waals surface area contributed by atoms with E-state index in [1.807, 2.05) is 45.0 Å². The number of likely N-dealkylation sites (N-methyl/N-ethyl adjacent to an activating group) is 1. The zero-order valence-electron chi connectivity index (χ0n) is 13.9. The van der Waals surface area contributed by atoms with Crippen LogP contribution in [0.2, 0.25) is 5.02 Å². The molecule has 0 spiro atoms. The van der Waals surface area contributed by atoms with Gasteiger partial charge in [-0.1, -0.05) is 23.7 Å². The minimum absolute atomic E-state index is 0.0380. The summed E-state index contributed by atoms with van der Waals surface area (Å²) in [6, 6.07) is 7.93. The van der Waals surface area contributed by atoms with E-state index in [1.165, 1.54) is 4.90 Å². The van der Waals surface area contributed by atoms with Crippen LogP contribution in [-0.2, 0) is 4.79 Å². The quantitative estimate of drug-likeness (QED) is 0.646. The third-order valence-electron chi connectivity index (χ3n) is 3.02. The van der Waals surface area contributed by atoms with Gasteiger partial charge in [0.15, 0.2) is 5.96 Å². The average molecular weight is 325 g/mol. The molecule has 1 aromatic carbocycles. The third kappa shape index (κ3) is 6.35. The topological polar surface area (TPSA) is 56.7 Å². The summed E-state index contributed by atoms with van der Waals surface area (Å²) in [7, 11) is 3.44. The standard InChI is InChI=1S/C16H25ClN4O/c1-11(2)19-16(18-10-15(22)21(4)5)20-12(3)13-6-8-14(17)9-7-13/h6-9,11-12H,10H2,1-5H3,(H2,18,19,20).